The summed E-state index contributed by atoms with van der Waals surface area (Å²) in [4.78, 5) is 245. The Morgan fingerprint density at radius 1 is 0.462 bits per heavy atom. The number of benzene rings is 7. The third-order valence-corrected chi connectivity index (χ3v) is 24.0. The fourth-order valence-corrected chi connectivity index (χ4v) is 16.5. The highest BCUT2D eigenvalue weighted by Gasteiger charge is 2.42. The number of carbonyl (C=O) groups is 16. The number of fused-ring (bicyclic) bond motifs is 2. The lowest BCUT2D eigenvalue weighted by atomic mass is 9.98. The zero-order chi connectivity index (χ0) is 96.0. The molecule has 1 aliphatic rings. The minimum absolute atomic E-state index is 0.0342. The number of primary amides is 1. The van der Waals surface area contributed by atoms with Gasteiger partial charge in [-0.3, -0.25) is 76.7 Å². The molecule has 1 aromatic heterocycles. The van der Waals surface area contributed by atoms with E-state index in [0.717, 1.165) is 37.2 Å². The lowest BCUT2D eigenvalue weighted by Gasteiger charge is -2.37. The SMILES string of the molecule is CCCC[C@H]1C(=O)N(C)CC(=O)N[C@@H](CC(=O)O)C(=O)N[C@@H](C(C)C)C(=O)N(C)C(Cc2ccccc2)C(=O)N[C@@H](Cc2ccc(O)cc2)C(=O)N(C)CC(=O)N[C@@H](Cc2c[nH]c3ccccc23)C(=O)N[C@@H](Cc2ccc3ccccc3c2)C(=O)N[C@@H](CC(C)C)C(=O)N[C@H](C(=O)NCC(N)=O)CSCC(=O)N[C@@H](Cc2ccccc2)C(=O)N(C)[C@@H](Cc2ccccc2)C(=O)N1C. The molecule has 9 rings (SSSR count). The lowest BCUT2D eigenvalue weighted by Crippen LogP contribution is -2.61. The molecule has 35 heteroatoms. The third kappa shape index (κ3) is 29.8. The second-order valence-electron chi connectivity index (χ2n) is 34.1. The number of carboxylic acid groups (broad SMARTS) is 1. The van der Waals surface area contributed by atoms with Crippen LogP contribution >= 0.6 is 11.8 Å². The maximum Gasteiger partial charge on any atom is 0.305 e. The number of aromatic hydroxyl groups is 1. The molecule has 8 aromatic rings. The average molecular weight is 1830 g/mol. The Morgan fingerprint density at radius 2 is 0.939 bits per heavy atom. The topological polar surface area (TPSA) is 480 Å². The number of aliphatic carboxylic acids is 1. The normalized spacial score (nSPS) is 21.7. The molecular weight excluding hydrogens is 1710 g/mol. The number of phenols is 1. The van der Waals surface area contributed by atoms with Gasteiger partial charge in [-0.15, -0.1) is 11.8 Å². The molecule has 11 atom stereocenters. The summed E-state index contributed by atoms with van der Waals surface area (Å²) in [5.74, 6) is -17.0. The molecule has 1 unspecified atom stereocenters. The van der Waals surface area contributed by atoms with Gasteiger partial charge in [0.25, 0.3) is 0 Å². The first-order valence-corrected chi connectivity index (χ1v) is 45.1. The van der Waals surface area contributed by atoms with Crippen molar-refractivity contribution >= 4 is 128 Å². The number of phenolic OH excluding ortho intramolecular Hbond substituents is 1. The number of aromatic nitrogens is 1. The Morgan fingerprint density at radius 3 is 1.53 bits per heavy atom. The van der Waals surface area contributed by atoms with E-state index >= 15 is 43.2 Å². The fourth-order valence-electron chi connectivity index (χ4n) is 15.7. The van der Waals surface area contributed by atoms with Crippen LogP contribution in [0, 0.1) is 11.8 Å². The Balaban J connectivity index is 1.12. The van der Waals surface area contributed by atoms with Gasteiger partial charge < -0.3 is 93.3 Å². The minimum Gasteiger partial charge on any atom is -0.508 e. The molecular formula is C97H120N16O18S. The molecule has 14 N–H and O–H groups in total. The second-order valence-corrected chi connectivity index (χ2v) is 35.1. The van der Waals surface area contributed by atoms with E-state index in [-0.39, 0.29) is 68.8 Å². The van der Waals surface area contributed by atoms with Crippen molar-refractivity contribution in [3.8, 4) is 5.75 Å². The highest BCUT2D eigenvalue weighted by molar-refractivity contribution is 8.00. The number of hydrogen-bond donors (Lipinski definition) is 13. The third-order valence-electron chi connectivity index (χ3n) is 22.9. The van der Waals surface area contributed by atoms with E-state index in [1.54, 1.807) is 155 Å². The van der Waals surface area contributed by atoms with E-state index in [1.807, 2.05) is 43.3 Å². The molecule has 0 aliphatic carbocycles. The lowest BCUT2D eigenvalue weighted by molar-refractivity contribution is -0.151. The summed E-state index contributed by atoms with van der Waals surface area (Å²) in [6.07, 6.45) is 0.302. The molecule has 0 bridgehead atoms. The van der Waals surface area contributed by atoms with Crippen molar-refractivity contribution in [3.05, 3.63) is 222 Å². The number of unbranched alkanes of at least 4 members (excludes halogenated alkanes) is 1. The highest BCUT2D eigenvalue weighted by Crippen LogP contribution is 2.25. The van der Waals surface area contributed by atoms with E-state index in [9.17, 15) is 43.8 Å². The standard InChI is InChI=1S/C97H120N16O18S/c1-11-12-36-78-95(129)110(7)55-83(117)102-74(51-85(119)120)91(125)108-86(59(4)5)97(131)112(9)79(48-61-28-18-14-19-29-61)92(126)106-75(46-63-38-41-68(114)42-39-63)93(127)109(6)54-82(116)101-73(50-67-52-99-70-35-25-24-34-69(67)70)90(124)105-72(47-64-37-40-65-32-22-23-33-66(65)44-64)89(123)104-71(43-58(2)3)88(122)107-77(87(121)100-53-81(98)115)56-132-57-84(118)103-76(45-60-26-16-13-17-27-60)94(128)113(10)80(96(130)111(78)8)49-62-30-20-15-21-31-62/h13-35,37-42,44,52,58-59,71-80,86,99,114H,11-12,36,43,45-51,53-57H2,1-10H3,(H2,98,115)(H,100,121)(H,101,116)(H,102,117)(H,103,118)(H,104,123)(H,105,124)(H,106,126)(H,107,122)(H,108,125)(H,119,120)/t71-,72-,73-,74-,75-,76-,77-,78-,79?,80-,86-/m0/s1. The molecule has 0 spiro atoms. The zero-order valence-electron chi connectivity index (χ0n) is 75.9. The molecule has 1 saturated heterocycles. The molecule has 702 valence electrons. The van der Waals surface area contributed by atoms with E-state index in [0.29, 0.717) is 57.1 Å². The van der Waals surface area contributed by atoms with Crippen LogP contribution in [0.1, 0.15) is 100 Å². The first-order chi connectivity index (χ1) is 62.9. The van der Waals surface area contributed by atoms with Crippen LogP contribution in [0.2, 0.25) is 0 Å². The van der Waals surface area contributed by atoms with E-state index in [1.165, 1.54) is 69.3 Å². The molecule has 7 aromatic carbocycles. The van der Waals surface area contributed by atoms with Crippen molar-refractivity contribution in [1.82, 2.24) is 77.3 Å². The molecule has 15 amide bonds. The number of nitrogens with zero attached hydrogens (tertiary/aromatic N) is 5. The molecule has 2 heterocycles. The average Bonchev–Trinajstić information content (AvgIpc) is 1.43. The van der Waals surface area contributed by atoms with Gasteiger partial charge in [0.15, 0.2) is 0 Å². The Kier molecular flexibility index (Phi) is 37.9. The number of H-pyrrole nitrogens is 1. The molecule has 132 heavy (non-hydrogen) atoms. The van der Waals surface area contributed by atoms with Crippen molar-refractivity contribution in [2.45, 2.75) is 172 Å². The maximum absolute atomic E-state index is 15.6. The van der Waals surface area contributed by atoms with Gasteiger partial charge in [0.2, 0.25) is 88.6 Å². The number of aromatic amines is 1. The summed E-state index contributed by atoms with van der Waals surface area (Å²) in [6, 6.07) is 34.8. The van der Waals surface area contributed by atoms with Crippen LogP contribution in [0.4, 0.5) is 0 Å². The first kappa shape index (κ1) is 102. The van der Waals surface area contributed by atoms with Crippen molar-refractivity contribution < 1.29 is 86.9 Å². The summed E-state index contributed by atoms with van der Waals surface area (Å²) in [6.45, 7) is 6.28. The van der Waals surface area contributed by atoms with Gasteiger partial charge in [-0.2, -0.15) is 0 Å². The number of carboxylic acids is 1. The highest BCUT2D eigenvalue weighted by atomic mass is 32.2. The summed E-state index contributed by atoms with van der Waals surface area (Å²) in [7, 11) is 6.59. The molecule has 0 saturated carbocycles. The van der Waals surface area contributed by atoms with Crippen LogP contribution in [-0.2, 0) is 115 Å². The van der Waals surface area contributed by atoms with Crippen molar-refractivity contribution in [2.24, 2.45) is 17.6 Å². The minimum atomic E-state index is -1.90. The number of carbonyl (C=O) groups excluding carboxylic acids is 15. The van der Waals surface area contributed by atoms with E-state index < -0.39 is 199 Å². The largest absolute Gasteiger partial charge is 0.508 e. The number of nitrogens with one attached hydrogen (secondary N) is 10. The summed E-state index contributed by atoms with van der Waals surface area (Å²) in [5.41, 5.74) is 9.37. The fraction of sp³-hybridized carbons (Fsp3) is 0.402. The number of para-hydroxylation sites is 1. The Hall–Kier alpha value is -14.0. The molecule has 34 nitrogen and oxygen atoms in total. The molecule has 1 fully saturated rings. The number of thioether (sulfide) groups is 1. The van der Waals surface area contributed by atoms with Gasteiger partial charge in [-0.05, 0) is 87.0 Å². The number of nitrogens with two attached hydrogens (primary N) is 1. The van der Waals surface area contributed by atoms with E-state index in [2.05, 4.69) is 52.8 Å². The number of likely N-dealkylation sites (N-methyl/N-ethyl adjacent to an activating group) is 5. The quantitative estimate of drug-likeness (QED) is 0.0433. The predicted molar refractivity (Wildman–Crippen MR) is 498 cm³/mol. The van der Waals surface area contributed by atoms with Gasteiger partial charge in [0.1, 0.15) is 72.2 Å². The van der Waals surface area contributed by atoms with Gasteiger partial charge in [0.05, 0.1) is 31.8 Å². The summed E-state index contributed by atoms with van der Waals surface area (Å²) < 4.78 is 0. The predicted octanol–water partition coefficient (Wildman–Crippen LogP) is 3.77. The van der Waals surface area contributed by atoms with Crippen LogP contribution in [0.25, 0.3) is 21.7 Å². The number of rotatable bonds is 23. The molecule has 0 radical (unpaired) electrons. The molecule has 1 aliphatic heterocycles. The van der Waals surface area contributed by atoms with Crippen LogP contribution in [0.3, 0.4) is 0 Å². The van der Waals surface area contributed by atoms with Crippen LogP contribution in [0.15, 0.2) is 188 Å². The van der Waals surface area contributed by atoms with Crippen molar-refractivity contribution in [1.29, 1.82) is 0 Å². The summed E-state index contributed by atoms with van der Waals surface area (Å²) in [5, 5.41) is 47.3. The van der Waals surface area contributed by atoms with Crippen LogP contribution in [0.5, 0.6) is 5.75 Å². The van der Waals surface area contributed by atoms with Crippen LogP contribution in [-0.4, -0.2) is 267 Å². The van der Waals surface area contributed by atoms with Crippen LogP contribution < -0.4 is 53.6 Å². The van der Waals surface area contributed by atoms with Crippen molar-refractivity contribution in [3.63, 3.8) is 0 Å². The smallest absolute Gasteiger partial charge is 0.305 e. The van der Waals surface area contributed by atoms with Crippen molar-refractivity contribution in [2.75, 3.05) is 66.4 Å². The maximum atomic E-state index is 15.6. The van der Waals surface area contributed by atoms with E-state index in [4.69, 9.17) is 5.73 Å². The number of amides is 15. The van der Waals surface area contributed by atoms with Gasteiger partial charge in [-0.1, -0.05) is 211 Å². The Labute approximate surface area is 771 Å². The summed E-state index contributed by atoms with van der Waals surface area (Å²) >= 11 is 0.847. The Bertz CT molecular complexity index is 5390. The number of hydrogen-bond acceptors (Lipinski definition) is 18. The van der Waals surface area contributed by atoms with Gasteiger partial charge in [0, 0.05) is 96.6 Å². The van der Waals surface area contributed by atoms with Gasteiger partial charge in [-0.25, -0.2) is 0 Å². The first-order valence-electron chi connectivity index (χ1n) is 43.9. The second kappa shape index (κ2) is 49.1. The zero-order valence-corrected chi connectivity index (χ0v) is 76.7. The monoisotopic (exact) mass is 1830 g/mol. The van der Waals surface area contributed by atoms with Gasteiger partial charge >= 0.3 is 5.97 Å².